The lowest BCUT2D eigenvalue weighted by Crippen LogP contribution is -2.13. The number of carbonyl (C=O) groups excluding carboxylic acids is 2. The number of carbonyl (C=O) groups is 2. The highest BCUT2D eigenvalue weighted by Gasteiger charge is 2.17. The van der Waals surface area contributed by atoms with Crippen LogP contribution in [0, 0.1) is 11.3 Å². The van der Waals surface area contributed by atoms with Gasteiger partial charge in [-0.15, -0.1) is 10.2 Å². The number of rotatable bonds is 6. The Kier molecular flexibility index (Phi) is 6.05. The van der Waals surface area contributed by atoms with Crippen molar-refractivity contribution in [3.8, 4) is 11.8 Å². The molecule has 2 heterocycles. The van der Waals surface area contributed by atoms with Gasteiger partial charge in [-0.3, -0.25) is 10.1 Å². The van der Waals surface area contributed by atoms with Crippen LogP contribution in [0.5, 0.6) is 5.75 Å². The number of nitrogens with zero attached hydrogens (tertiary/aromatic N) is 3. The number of esters is 1. The van der Waals surface area contributed by atoms with Crippen molar-refractivity contribution in [3.05, 3.63) is 59.6 Å². The van der Waals surface area contributed by atoms with E-state index in [9.17, 15) is 23.3 Å². The van der Waals surface area contributed by atoms with Crippen LogP contribution in [0.2, 0.25) is 0 Å². The lowest BCUT2D eigenvalue weighted by molar-refractivity contribution is -0.112. The number of nitrogens with one attached hydrogen (secondary N) is 1. The number of benzene rings is 1. The van der Waals surface area contributed by atoms with Gasteiger partial charge in [-0.1, -0.05) is 23.5 Å². The summed E-state index contributed by atoms with van der Waals surface area (Å²) in [5.41, 5.74) is 0.250. The van der Waals surface area contributed by atoms with Gasteiger partial charge in [0, 0.05) is 6.26 Å². The van der Waals surface area contributed by atoms with Crippen LogP contribution in [0.15, 0.2) is 57.0 Å². The minimum Gasteiger partial charge on any atom is -0.457 e. The van der Waals surface area contributed by atoms with Gasteiger partial charge >= 0.3 is 5.97 Å². The molecular formula is C18H12N4O6S2. The summed E-state index contributed by atoms with van der Waals surface area (Å²) >= 11 is 0.674. The maximum atomic E-state index is 12.3. The molecule has 1 amide bonds. The molecule has 0 saturated carbocycles. The third-order valence-electron chi connectivity index (χ3n) is 3.43. The molecule has 1 aromatic carbocycles. The Morgan fingerprint density at radius 2 is 1.97 bits per heavy atom. The van der Waals surface area contributed by atoms with E-state index in [1.807, 2.05) is 0 Å². The summed E-state index contributed by atoms with van der Waals surface area (Å²) < 4.78 is 32.7. The molecule has 2 aromatic heterocycles. The second-order valence-electron chi connectivity index (χ2n) is 5.71. The summed E-state index contributed by atoms with van der Waals surface area (Å²) in [7, 11) is -3.55. The van der Waals surface area contributed by atoms with Crippen molar-refractivity contribution in [3.63, 3.8) is 0 Å². The van der Waals surface area contributed by atoms with Gasteiger partial charge in [-0.2, -0.15) is 5.26 Å². The number of amides is 1. The fraction of sp³-hybridized carbons (Fsp3) is 0.0556. The molecule has 3 aromatic rings. The van der Waals surface area contributed by atoms with Gasteiger partial charge in [-0.25, -0.2) is 13.2 Å². The summed E-state index contributed by atoms with van der Waals surface area (Å²) in [5.74, 6) is -1.13. The second kappa shape index (κ2) is 8.68. The highest BCUT2D eigenvalue weighted by molar-refractivity contribution is 7.92. The van der Waals surface area contributed by atoms with Crippen LogP contribution in [-0.2, 0) is 14.6 Å². The van der Waals surface area contributed by atoms with Crippen LogP contribution in [0.25, 0.3) is 6.08 Å². The molecule has 0 aliphatic heterocycles. The number of hydrogen-bond donors (Lipinski definition) is 1. The van der Waals surface area contributed by atoms with Crippen molar-refractivity contribution in [1.29, 1.82) is 5.26 Å². The summed E-state index contributed by atoms with van der Waals surface area (Å²) in [6.07, 6.45) is 3.63. The minimum absolute atomic E-state index is 0.0538. The maximum absolute atomic E-state index is 12.3. The van der Waals surface area contributed by atoms with E-state index in [0.29, 0.717) is 16.9 Å². The van der Waals surface area contributed by atoms with Gasteiger partial charge in [0.2, 0.25) is 25.1 Å². The normalized spacial score (nSPS) is 11.5. The SMILES string of the molecule is CS(=O)(=O)c1nnc(NC(=O)/C(C#N)=C\c2ccc(OC(=O)c3ccco3)cc2)s1. The zero-order valence-electron chi connectivity index (χ0n) is 15.2. The van der Waals surface area contributed by atoms with Gasteiger partial charge < -0.3 is 9.15 Å². The van der Waals surface area contributed by atoms with Crippen LogP contribution in [-0.4, -0.2) is 36.7 Å². The van der Waals surface area contributed by atoms with Gasteiger partial charge in [0.25, 0.3) is 5.91 Å². The summed E-state index contributed by atoms with van der Waals surface area (Å²) in [6.45, 7) is 0. The van der Waals surface area contributed by atoms with Gasteiger partial charge in [-0.05, 0) is 35.9 Å². The molecule has 0 bridgehead atoms. The molecule has 0 aliphatic carbocycles. The predicted molar refractivity (Wildman–Crippen MR) is 105 cm³/mol. The average molecular weight is 444 g/mol. The fourth-order valence-electron chi connectivity index (χ4n) is 2.07. The highest BCUT2D eigenvalue weighted by atomic mass is 32.2. The predicted octanol–water partition coefficient (Wildman–Crippen LogP) is 2.30. The molecule has 3 rings (SSSR count). The van der Waals surface area contributed by atoms with Crippen molar-refractivity contribution < 1.29 is 27.2 Å². The lowest BCUT2D eigenvalue weighted by atomic mass is 10.1. The van der Waals surface area contributed by atoms with E-state index in [1.165, 1.54) is 30.5 Å². The van der Waals surface area contributed by atoms with E-state index in [4.69, 9.17) is 9.15 Å². The minimum atomic E-state index is -3.55. The molecule has 0 spiro atoms. The topological polar surface area (TPSA) is 152 Å². The number of hydrogen-bond acceptors (Lipinski definition) is 10. The highest BCUT2D eigenvalue weighted by Crippen LogP contribution is 2.21. The Bertz CT molecular complexity index is 1250. The lowest BCUT2D eigenvalue weighted by Gasteiger charge is -2.03. The Morgan fingerprint density at radius 1 is 1.23 bits per heavy atom. The van der Waals surface area contributed by atoms with Crippen molar-refractivity contribution in [2.45, 2.75) is 4.34 Å². The zero-order valence-corrected chi connectivity index (χ0v) is 16.9. The first-order chi connectivity index (χ1) is 14.3. The molecule has 1 N–H and O–H groups in total. The number of aromatic nitrogens is 2. The van der Waals surface area contributed by atoms with Gasteiger partial charge in [0.05, 0.1) is 6.26 Å². The first-order valence-electron chi connectivity index (χ1n) is 8.09. The zero-order chi connectivity index (χ0) is 21.7. The Morgan fingerprint density at radius 3 is 2.53 bits per heavy atom. The number of furan rings is 1. The van der Waals surface area contributed by atoms with E-state index in [2.05, 4.69) is 15.5 Å². The summed E-state index contributed by atoms with van der Waals surface area (Å²) in [6, 6.07) is 10.9. The molecule has 0 atom stereocenters. The quantitative estimate of drug-likeness (QED) is 0.198. The smallest absolute Gasteiger partial charge is 0.379 e. The van der Waals surface area contributed by atoms with Crippen molar-refractivity contribution in [2.24, 2.45) is 0 Å². The van der Waals surface area contributed by atoms with E-state index in [0.717, 1.165) is 6.26 Å². The third kappa shape index (κ3) is 5.16. The van der Waals surface area contributed by atoms with Crippen molar-refractivity contribution in [2.75, 3.05) is 11.6 Å². The molecule has 30 heavy (non-hydrogen) atoms. The van der Waals surface area contributed by atoms with Crippen LogP contribution >= 0.6 is 11.3 Å². The van der Waals surface area contributed by atoms with E-state index >= 15 is 0 Å². The molecule has 152 valence electrons. The molecular weight excluding hydrogens is 432 g/mol. The van der Waals surface area contributed by atoms with Crippen LogP contribution in [0.3, 0.4) is 0 Å². The Balaban J connectivity index is 1.69. The van der Waals surface area contributed by atoms with Crippen molar-refractivity contribution in [1.82, 2.24) is 10.2 Å². The molecule has 0 aliphatic rings. The molecule has 0 radical (unpaired) electrons. The number of ether oxygens (including phenoxy) is 1. The van der Waals surface area contributed by atoms with E-state index in [1.54, 1.807) is 24.3 Å². The first kappa shape index (κ1) is 20.9. The Labute approximate surface area is 174 Å². The van der Waals surface area contributed by atoms with Crippen molar-refractivity contribution >= 4 is 44.3 Å². The fourth-order valence-corrected chi connectivity index (χ4v) is 3.58. The number of anilines is 1. The number of nitriles is 1. The van der Waals surface area contributed by atoms with E-state index in [-0.39, 0.29) is 26.6 Å². The molecule has 0 saturated heterocycles. The monoisotopic (exact) mass is 444 g/mol. The third-order valence-corrected chi connectivity index (χ3v) is 5.94. The molecule has 12 heteroatoms. The molecule has 0 fully saturated rings. The van der Waals surface area contributed by atoms with Crippen LogP contribution in [0.4, 0.5) is 5.13 Å². The summed E-state index contributed by atoms with van der Waals surface area (Å²) in [4.78, 5) is 24.1. The molecule has 0 unspecified atom stereocenters. The second-order valence-corrected chi connectivity index (χ2v) is 8.87. The average Bonchev–Trinajstić information content (AvgIpc) is 3.39. The molecule has 10 nitrogen and oxygen atoms in total. The Hall–Kier alpha value is -3.82. The standard InChI is InChI=1S/C18H12N4O6S2/c1-30(25,26)18-22-21-17(29-18)20-15(23)12(10-19)9-11-4-6-13(7-5-11)28-16(24)14-3-2-8-27-14/h2-9H,1H3,(H,20,21,23)/b12-9-. The van der Waals surface area contributed by atoms with Gasteiger partial charge in [0.15, 0.2) is 0 Å². The van der Waals surface area contributed by atoms with Gasteiger partial charge in [0.1, 0.15) is 17.4 Å². The largest absolute Gasteiger partial charge is 0.457 e. The van der Waals surface area contributed by atoms with Crippen LogP contribution in [0.1, 0.15) is 16.1 Å². The number of sulfone groups is 1. The van der Waals surface area contributed by atoms with Crippen LogP contribution < -0.4 is 10.1 Å². The first-order valence-corrected chi connectivity index (χ1v) is 10.8. The van der Waals surface area contributed by atoms with E-state index < -0.39 is 21.7 Å². The summed E-state index contributed by atoms with van der Waals surface area (Å²) in [5, 5.41) is 18.6. The maximum Gasteiger partial charge on any atom is 0.379 e.